The average molecular weight is 392 g/mol. The summed E-state index contributed by atoms with van der Waals surface area (Å²) in [5.41, 5.74) is 0.930. The number of benzene rings is 2. The molecule has 0 aromatic heterocycles. The standard InChI is InChI=1S/C14H10Br2F2O/c15-9-1-4-13(18)8(5-9)6-14(19)11-3-2-10(17)7-12(11)16/h1-5,7,14,19H,6H2. The van der Waals surface area contributed by atoms with Crippen molar-refractivity contribution in [2.24, 2.45) is 0 Å². The van der Waals surface area contributed by atoms with E-state index in [1.807, 2.05) is 0 Å². The first-order chi connectivity index (χ1) is 8.97. The molecule has 0 heterocycles. The highest BCUT2D eigenvalue weighted by molar-refractivity contribution is 9.10. The highest BCUT2D eigenvalue weighted by Gasteiger charge is 2.15. The number of rotatable bonds is 3. The third-order valence-corrected chi connectivity index (χ3v) is 3.92. The van der Waals surface area contributed by atoms with Gasteiger partial charge in [0.25, 0.3) is 0 Å². The quantitative estimate of drug-likeness (QED) is 0.799. The number of hydrogen-bond donors (Lipinski definition) is 1. The predicted octanol–water partition coefficient (Wildman–Crippen LogP) is 4.77. The summed E-state index contributed by atoms with van der Waals surface area (Å²) in [5, 5.41) is 10.1. The lowest BCUT2D eigenvalue weighted by atomic mass is 10.0. The van der Waals surface area contributed by atoms with E-state index in [1.165, 1.54) is 24.3 Å². The molecule has 0 saturated heterocycles. The minimum Gasteiger partial charge on any atom is -0.388 e. The fourth-order valence-electron chi connectivity index (χ4n) is 1.79. The van der Waals surface area contributed by atoms with Crippen LogP contribution in [-0.2, 0) is 6.42 Å². The molecule has 2 aromatic rings. The predicted molar refractivity (Wildman–Crippen MR) is 76.9 cm³/mol. The van der Waals surface area contributed by atoms with Gasteiger partial charge in [0.1, 0.15) is 11.6 Å². The zero-order chi connectivity index (χ0) is 14.0. The van der Waals surface area contributed by atoms with Crippen LogP contribution in [0.15, 0.2) is 45.3 Å². The van der Waals surface area contributed by atoms with Gasteiger partial charge >= 0.3 is 0 Å². The van der Waals surface area contributed by atoms with Gasteiger partial charge in [-0.15, -0.1) is 0 Å². The second-order valence-corrected chi connectivity index (χ2v) is 5.89. The third kappa shape index (κ3) is 3.61. The number of hydrogen-bond acceptors (Lipinski definition) is 1. The number of aliphatic hydroxyl groups excluding tert-OH is 1. The van der Waals surface area contributed by atoms with Crippen molar-refractivity contribution < 1.29 is 13.9 Å². The van der Waals surface area contributed by atoms with E-state index in [2.05, 4.69) is 31.9 Å². The summed E-state index contributed by atoms with van der Waals surface area (Å²) in [6.45, 7) is 0. The Morgan fingerprint density at radius 3 is 2.47 bits per heavy atom. The van der Waals surface area contributed by atoms with Crippen LogP contribution in [0, 0.1) is 11.6 Å². The van der Waals surface area contributed by atoms with Gasteiger partial charge in [-0.25, -0.2) is 8.78 Å². The lowest BCUT2D eigenvalue weighted by Crippen LogP contribution is -2.04. The molecule has 1 nitrogen and oxygen atoms in total. The molecular formula is C14H10Br2F2O. The van der Waals surface area contributed by atoms with Gasteiger partial charge in [0.15, 0.2) is 0 Å². The Hall–Kier alpha value is -0.780. The zero-order valence-electron chi connectivity index (χ0n) is 9.71. The summed E-state index contributed by atoms with van der Waals surface area (Å²) in [6, 6.07) is 8.58. The second-order valence-electron chi connectivity index (χ2n) is 4.12. The van der Waals surface area contributed by atoms with Gasteiger partial charge < -0.3 is 5.11 Å². The zero-order valence-corrected chi connectivity index (χ0v) is 12.9. The molecule has 2 aromatic carbocycles. The molecule has 0 aliphatic heterocycles. The van der Waals surface area contributed by atoms with Crippen LogP contribution in [0.25, 0.3) is 0 Å². The molecule has 2 rings (SSSR count). The molecule has 0 aliphatic rings. The Kier molecular flexibility index (Phi) is 4.71. The van der Waals surface area contributed by atoms with Crippen LogP contribution < -0.4 is 0 Å². The van der Waals surface area contributed by atoms with Crippen molar-refractivity contribution in [3.63, 3.8) is 0 Å². The molecule has 100 valence electrons. The lowest BCUT2D eigenvalue weighted by Gasteiger charge is -2.14. The Morgan fingerprint density at radius 1 is 1.05 bits per heavy atom. The average Bonchev–Trinajstić information content (AvgIpc) is 2.33. The summed E-state index contributed by atoms with van der Waals surface area (Å²) in [7, 11) is 0. The summed E-state index contributed by atoms with van der Waals surface area (Å²) in [4.78, 5) is 0. The molecule has 5 heteroatoms. The first kappa shape index (κ1) is 14.6. The monoisotopic (exact) mass is 390 g/mol. The van der Waals surface area contributed by atoms with Crippen molar-refractivity contribution in [1.29, 1.82) is 0 Å². The first-order valence-electron chi connectivity index (χ1n) is 5.54. The van der Waals surface area contributed by atoms with Gasteiger partial charge in [0.2, 0.25) is 0 Å². The normalized spacial score (nSPS) is 12.5. The van der Waals surface area contributed by atoms with Crippen LogP contribution in [0.2, 0.25) is 0 Å². The van der Waals surface area contributed by atoms with Crippen LogP contribution in [0.1, 0.15) is 17.2 Å². The van der Waals surface area contributed by atoms with Gasteiger partial charge in [0, 0.05) is 15.4 Å². The molecule has 0 saturated carbocycles. The Balaban J connectivity index is 2.25. The van der Waals surface area contributed by atoms with Crippen LogP contribution in [-0.4, -0.2) is 5.11 Å². The maximum absolute atomic E-state index is 13.6. The number of halogens is 4. The lowest BCUT2D eigenvalue weighted by molar-refractivity contribution is 0.176. The fourth-order valence-corrected chi connectivity index (χ4v) is 2.81. The minimum atomic E-state index is -0.904. The van der Waals surface area contributed by atoms with E-state index < -0.39 is 11.9 Å². The van der Waals surface area contributed by atoms with Crippen molar-refractivity contribution in [2.75, 3.05) is 0 Å². The summed E-state index contributed by atoms with van der Waals surface area (Å²) >= 11 is 6.45. The van der Waals surface area contributed by atoms with E-state index in [4.69, 9.17) is 0 Å². The summed E-state index contributed by atoms with van der Waals surface area (Å²) in [5.74, 6) is -0.767. The first-order valence-corrected chi connectivity index (χ1v) is 7.13. The van der Waals surface area contributed by atoms with E-state index in [0.717, 1.165) is 4.47 Å². The van der Waals surface area contributed by atoms with Gasteiger partial charge in [-0.3, -0.25) is 0 Å². The molecule has 0 spiro atoms. The van der Waals surface area contributed by atoms with Crippen LogP contribution in [0.5, 0.6) is 0 Å². The maximum Gasteiger partial charge on any atom is 0.126 e. The van der Waals surface area contributed by atoms with Crippen molar-refractivity contribution in [3.05, 3.63) is 68.1 Å². The summed E-state index contributed by atoms with van der Waals surface area (Å²) in [6.07, 6.45) is -0.783. The maximum atomic E-state index is 13.6. The molecule has 0 radical (unpaired) electrons. The summed E-state index contributed by atoms with van der Waals surface area (Å²) < 4.78 is 27.8. The highest BCUT2D eigenvalue weighted by atomic mass is 79.9. The van der Waals surface area contributed by atoms with Gasteiger partial charge in [-0.2, -0.15) is 0 Å². The molecule has 0 fully saturated rings. The van der Waals surface area contributed by atoms with Crippen LogP contribution in [0.4, 0.5) is 8.78 Å². The van der Waals surface area contributed by atoms with Crippen LogP contribution >= 0.6 is 31.9 Å². The molecule has 1 unspecified atom stereocenters. The highest BCUT2D eigenvalue weighted by Crippen LogP contribution is 2.28. The molecule has 0 aliphatic carbocycles. The molecule has 0 bridgehead atoms. The van der Waals surface area contributed by atoms with E-state index >= 15 is 0 Å². The second kappa shape index (κ2) is 6.11. The molecule has 1 N–H and O–H groups in total. The van der Waals surface area contributed by atoms with E-state index in [-0.39, 0.29) is 12.2 Å². The molecule has 0 amide bonds. The van der Waals surface area contributed by atoms with Gasteiger partial charge in [-0.1, -0.05) is 37.9 Å². The minimum absolute atomic E-state index is 0.121. The van der Waals surface area contributed by atoms with Crippen molar-refractivity contribution >= 4 is 31.9 Å². The van der Waals surface area contributed by atoms with Crippen molar-refractivity contribution in [2.45, 2.75) is 12.5 Å². The largest absolute Gasteiger partial charge is 0.388 e. The van der Waals surface area contributed by atoms with E-state index in [9.17, 15) is 13.9 Å². The van der Waals surface area contributed by atoms with Gasteiger partial charge in [-0.05, 0) is 41.5 Å². The Bertz CT molecular complexity index is 602. The molecule has 19 heavy (non-hydrogen) atoms. The van der Waals surface area contributed by atoms with Gasteiger partial charge in [0.05, 0.1) is 6.10 Å². The molecule has 1 atom stereocenters. The van der Waals surface area contributed by atoms with Crippen LogP contribution in [0.3, 0.4) is 0 Å². The Morgan fingerprint density at radius 2 is 1.79 bits per heavy atom. The topological polar surface area (TPSA) is 20.2 Å². The molecular weight excluding hydrogens is 382 g/mol. The van der Waals surface area contributed by atoms with Crippen molar-refractivity contribution in [3.8, 4) is 0 Å². The van der Waals surface area contributed by atoms with E-state index in [0.29, 0.717) is 15.6 Å². The smallest absolute Gasteiger partial charge is 0.126 e. The van der Waals surface area contributed by atoms with E-state index in [1.54, 1.807) is 12.1 Å². The SMILES string of the molecule is OC(Cc1cc(Br)ccc1F)c1ccc(F)cc1Br. The van der Waals surface area contributed by atoms with Crippen molar-refractivity contribution in [1.82, 2.24) is 0 Å². The Labute approximate surface area is 126 Å². The fraction of sp³-hybridized carbons (Fsp3) is 0.143. The third-order valence-electron chi connectivity index (χ3n) is 2.74. The number of aliphatic hydroxyl groups is 1.